The van der Waals surface area contributed by atoms with Crippen molar-refractivity contribution in [2.75, 3.05) is 16.7 Å². The van der Waals surface area contributed by atoms with Crippen molar-refractivity contribution in [3.8, 4) is 0 Å². The first-order valence-electron chi connectivity index (χ1n) is 7.81. The molecule has 6 nitrogen and oxygen atoms in total. The van der Waals surface area contributed by atoms with E-state index < -0.39 is 15.8 Å². The van der Waals surface area contributed by atoms with E-state index in [0.29, 0.717) is 12.4 Å². The molecule has 1 aromatic heterocycles. The third kappa shape index (κ3) is 4.34. The average molecular weight is 372 g/mol. The number of hydrogen-bond acceptors (Lipinski definition) is 5. The second-order valence-corrected chi connectivity index (χ2v) is 7.36. The van der Waals surface area contributed by atoms with Crippen molar-refractivity contribution < 1.29 is 12.8 Å². The maximum Gasteiger partial charge on any atom is 0.263 e. The molecular weight excluding hydrogens is 355 g/mol. The molecule has 134 valence electrons. The monoisotopic (exact) mass is 372 g/mol. The summed E-state index contributed by atoms with van der Waals surface area (Å²) in [5.41, 5.74) is 1.12. The molecule has 0 unspecified atom stereocenters. The molecule has 0 aliphatic rings. The summed E-state index contributed by atoms with van der Waals surface area (Å²) >= 11 is 0. The van der Waals surface area contributed by atoms with Crippen LogP contribution in [-0.4, -0.2) is 25.7 Å². The minimum absolute atomic E-state index is 0.0500. The van der Waals surface area contributed by atoms with Crippen LogP contribution in [0.25, 0.3) is 0 Å². The van der Waals surface area contributed by atoms with E-state index in [0.717, 1.165) is 17.7 Å². The van der Waals surface area contributed by atoms with Gasteiger partial charge in [-0.05, 0) is 42.0 Å². The molecule has 0 radical (unpaired) electrons. The van der Waals surface area contributed by atoms with Crippen LogP contribution in [0.1, 0.15) is 5.56 Å². The number of aromatic nitrogens is 2. The number of halogens is 1. The highest BCUT2D eigenvalue weighted by Gasteiger charge is 2.15. The van der Waals surface area contributed by atoms with Gasteiger partial charge in [0.05, 0.1) is 4.90 Å². The van der Waals surface area contributed by atoms with Crippen LogP contribution in [0.15, 0.2) is 71.6 Å². The Morgan fingerprint density at radius 1 is 0.962 bits per heavy atom. The summed E-state index contributed by atoms with van der Waals surface area (Å²) in [6, 6.07) is 17.6. The van der Waals surface area contributed by atoms with Gasteiger partial charge in [0, 0.05) is 13.6 Å². The average Bonchev–Trinajstić information content (AvgIpc) is 2.63. The van der Waals surface area contributed by atoms with Crippen molar-refractivity contribution in [2.24, 2.45) is 0 Å². The molecule has 0 bridgehead atoms. The van der Waals surface area contributed by atoms with Crippen LogP contribution in [0.4, 0.5) is 16.0 Å². The Morgan fingerprint density at radius 2 is 1.65 bits per heavy atom. The molecule has 3 aromatic rings. The van der Waals surface area contributed by atoms with E-state index in [2.05, 4.69) is 14.9 Å². The second-order valence-electron chi connectivity index (χ2n) is 5.68. The Morgan fingerprint density at radius 3 is 2.27 bits per heavy atom. The van der Waals surface area contributed by atoms with E-state index in [1.807, 2.05) is 42.3 Å². The first-order chi connectivity index (χ1) is 12.4. The molecule has 0 aliphatic heterocycles. The van der Waals surface area contributed by atoms with E-state index in [1.54, 1.807) is 6.07 Å². The highest BCUT2D eigenvalue weighted by molar-refractivity contribution is 7.92. The summed E-state index contributed by atoms with van der Waals surface area (Å²) in [7, 11) is -1.97. The molecule has 0 fully saturated rings. The number of rotatable bonds is 6. The van der Waals surface area contributed by atoms with Crippen LogP contribution in [0, 0.1) is 5.82 Å². The van der Waals surface area contributed by atoms with Gasteiger partial charge in [-0.3, -0.25) is 4.72 Å². The van der Waals surface area contributed by atoms with E-state index in [1.165, 1.54) is 18.2 Å². The summed E-state index contributed by atoms with van der Waals surface area (Å²) in [6.45, 7) is 0.649. The summed E-state index contributed by atoms with van der Waals surface area (Å²) in [6.07, 6.45) is 0. The molecule has 0 atom stereocenters. The Hall–Kier alpha value is -3.00. The molecule has 1 N–H and O–H groups in total. The molecule has 0 spiro atoms. The molecule has 0 amide bonds. The van der Waals surface area contributed by atoms with Crippen LogP contribution < -0.4 is 9.62 Å². The SMILES string of the molecule is CN(Cc1ccccc1)c1ccc(NS(=O)(=O)c2ccc(F)cc2)nn1. The standard InChI is InChI=1S/C18H17FN4O2S/c1-23(13-14-5-3-2-4-6-14)18-12-11-17(20-21-18)22-26(24,25)16-9-7-15(19)8-10-16/h2-12H,13H2,1H3,(H,20,22). The van der Waals surface area contributed by atoms with Crippen molar-refractivity contribution >= 4 is 21.7 Å². The lowest BCUT2D eigenvalue weighted by Gasteiger charge is -2.17. The van der Waals surface area contributed by atoms with Gasteiger partial charge in [-0.2, -0.15) is 0 Å². The van der Waals surface area contributed by atoms with Gasteiger partial charge in [-0.1, -0.05) is 30.3 Å². The Kier molecular flexibility index (Phi) is 5.13. The van der Waals surface area contributed by atoms with Crippen LogP contribution in [0.5, 0.6) is 0 Å². The zero-order chi connectivity index (χ0) is 18.6. The van der Waals surface area contributed by atoms with E-state index in [4.69, 9.17) is 0 Å². The lowest BCUT2D eigenvalue weighted by Crippen LogP contribution is -2.19. The highest BCUT2D eigenvalue weighted by Crippen LogP contribution is 2.17. The molecular formula is C18H17FN4O2S. The molecule has 2 aromatic carbocycles. The van der Waals surface area contributed by atoms with E-state index >= 15 is 0 Å². The number of hydrogen-bond donors (Lipinski definition) is 1. The lowest BCUT2D eigenvalue weighted by molar-refractivity contribution is 0.599. The molecule has 26 heavy (non-hydrogen) atoms. The summed E-state index contributed by atoms with van der Waals surface area (Å²) in [4.78, 5) is 1.85. The zero-order valence-electron chi connectivity index (χ0n) is 14.0. The fourth-order valence-electron chi connectivity index (χ4n) is 2.33. The molecule has 1 heterocycles. The fraction of sp³-hybridized carbons (Fsp3) is 0.111. The predicted octanol–water partition coefficient (Wildman–Crippen LogP) is 3.05. The van der Waals surface area contributed by atoms with Gasteiger partial charge in [0.25, 0.3) is 10.0 Å². The van der Waals surface area contributed by atoms with Crippen LogP contribution in [0.2, 0.25) is 0 Å². The molecule has 0 saturated heterocycles. The van der Waals surface area contributed by atoms with Crippen molar-refractivity contribution in [2.45, 2.75) is 11.4 Å². The van der Waals surface area contributed by atoms with Gasteiger partial charge in [-0.15, -0.1) is 10.2 Å². The lowest BCUT2D eigenvalue weighted by atomic mass is 10.2. The van der Waals surface area contributed by atoms with Crippen molar-refractivity contribution in [3.63, 3.8) is 0 Å². The Bertz CT molecular complexity index is 962. The smallest absolute Gasteiger partial charge is 0.263 e. The summed E-state index contributed by atoms with van der Waals surface area (Å²) < 4.78 is 39.8. The first kappa shape index (κ1) is 17.8. The quantitative estimate of drug-likeness (QED) is 0.720. The van der Waals surface area contributed by atoms with Gasteiger partial charge in [0.2, 0.25) is 0 Å². The topological polar surface area (TPSA) is 75.2 Å². The van der Waals surface area contributed by atoms with Crippen molar-refractivity contribution in [3.05, 3.63) is 78.1 Å². The van der Waals surface area contributed by atoms with Crippen LogP contribution >= 0.6 is 0 Å². The zero-order valence-corrected chi connectivity index (χ0v) is 14.8. The highest BCUT2D eigenvalue weighted by atomic mass is 32.2. The van der Waals surface area contributed by atoms with Gasteiger partial charge < -0.3 is 4.90 Å². The van der Waals surface area contributed by atoms with E-state index in [9.17, 15) is 12.8 Å². The number of nitrogens with one attached hydrogen (secondary N) is 1. The molecule has 0 saturated carbocycles. The number of anilines is 2. The van der Waals surface area contributed by atoms with Gasteiger partial charge >= 0.3 is 0 Å². The molecule has 0 aliphatic carbocycles. The third-order valence-electron chi connectivity index (χ3n) is 3.67. The third-order valence-corrected chi connectivity index (χ3v) is 5.04. The minimum atomic E-state index is -3.84. The largest absolute Gasteiger partial charge is 0.354 e. The maximum atomic E-state index is 12.9. The summed E-state index contributed by atoms with van der Waals surface area (Å²) in [5, 5.41) is 7.97. The number of benzene rings is 2. The molecule has 3 rings (SSSR count). The number of nitrogens with zero attached hydrogens (tertiary/aromatic N) is 3. The minimum Gasteiger partial charge on any atom is -0.354 e. The summed E-state index contributed by atoms with van der Waals surface area (Å²) in [5.74, 6) is 0.194. The van der Waals surface area contributed by atoms with Crippen LogP contribution in [-0.2, 0) is 16.6 Å². The fourth-order valence-corrected chi connectivity index (χ4v) is 3.33. The predicted molar refractivity (Wildman–Crippen MR) is 97.8 cm³/mol. The molecule has 8 heteroatoms. The first-order valence-corrected chi connectivity index (χ1v) is 9.29. The normalized spacial score (nSPS) is 11.2. The van der Waals surface area contributed by atoms with Gasteiger partial charge in [-0.25, -0.2) is 12.8 Å². The van der Waals surface area contributed by atoms with Crippen LogP contribution in [0.3, 0.4) is 0 Å². The van der Waals surface area contributed by atoms with Gasteiger partial charge in [0.1, 0.15) is 5.82 Å². The Balaban J connectivity index is 1.70. The van der Waals surface area contributed by atoms with Crippen molar-refractivity contribution in [1.29, 1.82) is 0 Å². The number of sulfonamides is 1. The van der Waals surface area contributed by atoms with Crippen molar-refractivity contribution in [1.82, 2.24) is 10.2 Å². The second kappa shape index (κ2) is 7.49. The van der Waals surface area contributed by atoms with Gasteiger partial charge in [0.15, 0.2) is 11.6 Å². The van der Waals surface area contributed by atoms with E-state index in [-0.39, 0.29) is 10.7 Å². The Labute approximate surface area is 151 Å². The maximum absolute atomic E-state index is 12.9.